The number of nitrogens with two attached hydrogens (primary N) is 1. The number of rotatable bonds is 9. The van der Waals surface area contributed by atoms with E-state index in [0.29, 0.717) is 35.0 Å². The van der Waals surface area contributed by atoms with Gasteiger partial charge in [0.1, 0.15) is 0 Å². The Bertz CT molecular complexity index is 999. The molecule has 0 amide bonds. The molecular formula is C21H23ClN2O9. The molecule has 7 N–H and O–H groups in total. The van der Waals surface area contributed by atoms with Crippen LogP contribution >= 0.6 is 11.6 Å². The summed E-state index contributed by atoms with van der Waals surface area (Å²) in [6, 6.07) is 6.59. The molecule has 11 nitrogen and oxygen atoms in total. The van der Waals surface area contributed by atoms with E-state index < -0.39 is 29.8 Å². The number of allylic oxidation sites excluding steroid dienone is 1. The Morgan fingerprint density at radius 3 is 2.03 bits per heavy atom. The van der Waals surface area contributed by atoms with Gasteiger partial charge in [0.15, 0.2) is 0 Å². The number of hydrogen-bond donors (Lipinski definition) is 6. The summed E-state index contributed by atoms with van der Waals surface area (Å²) in [5.74, 6) is -5.98. The zero-order valence-corrected chi connectivity index (χ0v) is 18.2. The van der Waals surface area contributed by atoms with Crippen molar-refractivity contribution < 1.29 is 44.3 Å². The summed E-state index contributed by atoms with van der Waals surface area (Å²) in [4.78, 5) is 42.8. The smallest absolute Gasteiger partial charge is 0.334 e. The molecule has 1 atom stereocenters. The van der Waals surface area contributed by atoms with Crippen molar-refractivity contribution in [1.29, 1.82) is 0 Å². The second kappa shape index (κ2) is 13.0. The summed E-state index contributed by atoms with van der Waals surface area (Å²) in [6.07, 6.45) is 1.12. The highest BCUT2D eigenvalue weighted by molar-refractivity contribution is 6.31. The van der Waals surface area contributed by atoms with Crippen molar-refractivity contribution in [3.63, 3.8) is 0 Å². The van der Waals surface area contributed by atoms with Crippen molar-refractivity contribution in [2.75, 3.05) is 19.8 Å². The molecule has 12 heteroatoms. The van der Waals surface area contributed by atoms with Crippen molar-refractivity contribution in [2.24, 2.45) is 5.73 Å². The first kappa shape index (κ1) is 27.4. The average molecular weight is 483 g/mol. The number of hydrogen-bond acceptors (Lipinski definition) is 7. The molecule has 1 aliphatic rings. The van der Waals surface area contributed by atoms with Crippen LogP contribution in [-0.4, -0.2) is 64.1 Å². The predicted molar refractivity (Wildman–Crippen MR) is 117 cm³/mol. The monoisotopic (exact) mass is 482 g/mol. The molecule has 1 heterocycles. The fraction of sp³-hybridized carbons (Fsp3) is 0.238. The molecule has 0 aromatic heterocycles. The van der Waals surface area contributed by atoms with Gasteiger partial charge >= 0.3 is 23.9 Å². The van der Waals surface area contributed by atoms with Crippen molar-refractivity contribution >= 4 is 35.5 Å². The first-order chi connectivity index (χ1) is 15.5. The van der Waals surface area contributed by atoms with E-state index in [1.807, 2.05) is 0 Å². The molecule has 0 saturated carbocycles. The highest BCUT2D eigenvalue weighted by Crippen LogP contribution is 2.41. The van der Waals surface area contributed by atoms with Gasteiger partial charge in [-0.15, -0.1) is 0 Å². The van der Waals surface area contributed by atoms with Gasteiger partial charge in [0, 0.05) is 29.4 Å². The molecule has 0 spiro atoms. The first-order valence-corrected chi connectivity index (χ1v) is 9.72. The topological polar surface area (TPSA) is 196 Å². The van der Waals surface area contributed by atoms with Crippen LogP contribution in [-0.2, 0) is 23.9 Å². The summed E-state index contributed by atoms with van der Waals surface area (Å²) in [6.45, 7) is 2.10. The third-order valence-electron chi connectivity index (χ3n) is 4.20. The predicted octanol–water partition coefficient (Wildman–Crippen LogP) is 1.41. The lowest BCUT2D eigenvalue weighted by Crippen LogP contribution is -2.34. The van der Waals surface area contributed by atoms with Crippen LogP contribution in [0.5, 0.6) is 0 Å². The molecule has 0 bridgehead atoms. The molecule has 1 aromatic carbocycles. The van der Waals surface area contributed by atoms with Crippen LogP contribution in [0, 0.1) is 0 Å². The van der Waals surface area contributed by atoms with Crippen LogP contribution in [0.1, 0.15) is 18.4 Å². The Morgan fingerprint density at radius 2 is 1.58 bits per heavy atom. The Morgan fingerprint density at radius 1 is 1.03 bits per heavy atom. The van der Waals surface area contributed by atoms with E-state index in [-0.39, 0.29) is 30.1 Å². The fourth-order valence-corrected chi connectivity index (χ4v) is 3.21. The molecule has 1 unspecified atom stereocenters. The maximum Gasteiger partial charge on any atom is 0.334 e. The normalized spacial score (nSPS) is 15.5. The van der Waals surface area contributed by atoms with Crippen LogP contribution in [0.15, 0.2) is 59.0 Å². The third kappa shape index (κ3) is 8.07. The van der Waals surface area contributed by atoms with Crippen LogP contribution < -0.4 is 11.1 Å². The lowest BCUT2D eigenvalue weighted by molar-refractivity contribution is -0.134. The second-order valence-corrected chi connectivity index (χ2v) is 6.88. The number of nitrogens with one attached hydrogen (secondary N) is 1. The van der Waals surface area contributed by atoms with Gasteiger partial charge in [0.2, 0.25) is 0 Å². The van der Waals surface area contributed by atoms with E-state index in [4.69, 9.17) is 32.3 Å². The fourth-order valence-electron chi connectivity index (χ4n) is 2.97. The molecule has 1 aromatic rings. The van der Waals surface area contributed by atoms with Gasteiger partial charge in [-0.2, -0.15) is 0 Å². The minimum absolute atomic E-state index is 0.0238. The van der Waals surface area contributed by atoms with E-state index in [0.717, 1.165) is 0 Å². The Hall–Kier alpha value is -3.67. The number of carboxylic acids is 4. The highest BCUT2D eigenvalue weighted by atomic mass is 35.5. The number of ether oxygens (including phenoxy) is 1. The average Bonchev–Trinajstić information content (AvgIpc) is 2.72. The zero-order chi connectivity index (χ0) is 25.1. The lowest BCUT2D eigenvalue weighted by Gasteiger charge is -2.30. The summed E-state index contributed by atoms with van der Waals surface area (Å²) >= 11 is 6.22. The van der Waals surface area contributed by atoms with Crippen LogP contribution in [0.4, 0.5) is 0 Å². The summed E-state index contributed by atoms with van der Waals surface area (Å²) in [7, 11) is 0. The number of carboxylic acid groups (broad SMARTS) is 4. The maximum absolute atomic E-state index is 11.9. The summed E-state index contributed by atoms with van der Waals surface area (Å²) in [5, 5.41) is 38.1. The van der Waals surface area contributed by atoms with Crippen LogP contribution in [0.2, 0.25) is 5.02 Å². The number of carbonyl (C=O) groups is 4. The summed E-state index contributed by atoms with van der Waals surface area (Å²) in [5.41, 5.74) is 6.26. The van der Waals surface area contributed by atoms with Gasteiger partial charge in [-0.05, 0) is 18.6 Å². The molecule has 2 rings (SSSR count). The van der Waals surface area contributed by atoms with Gasteiger partial charge in [-0.3, -0.25) is 0 Å². The Balaban J connectivity index is 0.000000582. The molecule has 0 fully saturated rings. The first-order valence-electron chi connectivity index (χ1n) is 9.34. The van der Waals surface area contributed by atoms with Crippen LogP contribution in [0.3, 0.4) is 0 Å². The maximum atomic E-state index is 11.9. The molecule has 1 aliphatic heterocycles. The van der Waals surface area contributed by atoms with Gasteiger partial charge in [-0.25, -0.2) is 19.2 Å². The quantitative estimate of drug-likeness (QED) is 0.220. The lowest BCUT2D eigenvalue weighted by atomic mass is 9.80. The summed E-state index contributed by atoms with van der Waals surface area (Å²) < 4.78 is 5.35. The van der Waals surface area contributed by atoms with Gasteiger partial charge < -0.3 is 36.2 Å². The van der Waals surface area contributed by atoms with Crippen molar-refractivity contribution in [3.8, 4) is 0 Å². The number of halogens is 1. The Labute approximate surface area is 193 Å². The second-order valence-electron chi connectivity index (χ2n) is 6.47. The molecule has 33 heavy (non-hydrogen) atoms. The van der Waals surface area contributed by atoms with Crippen molar-refractivity contribution in [1.82, 2.24) is 5.32 Å². The molecule has 178 valence electrons. The standard InChI is InChI=1S/C17H19ClN2O5.C4H4O4/c1-9-13(16(21)22)14(10-4-2-3-5-11(10)18)15(17(23)24)12(20-9)8-25-7-6-19;5-3(6)1-2-4(7)8/h2-5,14,20H,6-8,19H2,1H3,(H,21,22)(H,23,24);1-2H,(H,5,6)(H,7,8)/b;2-1-. The molecule has 0 saturated heterocycles. The SMILES string of the molecule is CC1=C(C(=O)O)C(c2ccccc2Cl)C(C(=O)O)=C(COCCN)N1.O=C(O)/C=C\C(=O)O. The minimum Gasteiger partial charge on any atom is -0.478 e. The van der Waals surface area contributed by atoms with Crippen molar-refractivity contribution in [3.05, 3.63) is 69.5 Å². The minimum atomic E-state index is -1.26. The Kier molecular flexibility index (Phi) is 10.8. The number of aliphatic carboxylic acids is 4. The molecule has 0 radical (unpaired) electrons. The van der Waals surface area contributed by atoms with E-state index in [9.17, 15) is 29.4 Å². The molecular weight excluding hydrogens is 460 g/mol. The van der Waals surface area contributed by atoms with E-state index in [1.54, 1.807) is 31.2 Å². The van der Waals surface area contributed by atoms with E-state index in [2.05, 4.69) is 5.32 Å². The zero-order valence-electron chi connectivity index (χ0n) is 17.4. The number of dihydropyridines is 1. The number of benzene rings is 1. The van der Waals surface area contributed by atoms with E-state index in [1.165, 1.54) is 0 Å². The van der Waals surface area contributed by atoms with Gasteiger partial charge in [0.25, 0.3) is 0 Å². The third-order valence-corrected chi connectivity index (χ3v) is 4.54. The van der Waals surface area contributed by atoms with Gasteiger partial charge in [0.05, 0.1) is 36.0 Å². The van der Waals surface area contributed by atoms with E-state index >= 15 is 0 Å². The highest BCUT2D eigenvalue weighted by Gasteiger charge is 2.38. The van der Waals surface area contributed by atoms with Crippen molar-refractivity contribution in [2.45, 2.75) is 12.8 Å². The molecule has 0 aliphatic carbocycles. The largest absolute Gasteiger partial charge is 0.478 e. The van der Waals surface area contributed by atoms with Gasteiger partial charge in [-0.1, -0.05) is 29.8 Å². The van der Waals surface area contributed by atoms with Crippen LogP contribution in [0.25, 0.3) is 0 Å².